The maximum absolute atomic E-state index is 13.5. The summed E-state index contributed by atoms with van der Waals surface area (Å²) in [6.45, 7) is 1.43. The lowest BCUT2D eigenvalue weighted by atomic mass is 9.97. The molecule has 1 N–H and O–H groups in total. The van der Waals surface area contributed by atoms with Gasteiger partial charge >= 0.3 is 6.18 Å². The molecule has 37 heavy (non-hydrogen) atoms. The Bertz CT molecular complexity index is 1140. The van der Waals surface area contributed by atoms with Gasteiger partial charge in [-0.3, -0.25) is 9.59 Å². The average Bonchev–Trinajstić information content (AvgIpc) is 3.60. The Hall–Kier alpha value is -3.14. The Kier molecular flexibility index (Phi) is 8.06. The van der Waals surface area contributed by atoms with E-state index in [9.17, 15) is 27.2 Å². The normalized spacial score (nSPS) is 18.9. The van der Waals surface area contributed by atoms with E-state index in [1.165, 1.54) is 17.0 Å². The number of alkyl halides is 4. The zero-order valence-electron chi connectivity index (χ0n) is 21.0. The van der Waals surface area contributed by atoms with Crippen LogP contribution in [0.4, 0.5) is 23.2 Å². The highest BCUT2D eigenvalue weighted by Crippen LogP contribution is 2.37. The quantitative estimate of drug-likeness (QED) is 0.509. The largest absolute Gasteiger partial charge is 0.416 e. The lowest BCUT2D eigenvalue weighted by Gasteiger charge is -2.31. The smallest absolute Gasteiger partial charge is 0.376 e. The first-order chi connectivity index (χ1) is 17.5. The van der Waals surface area contributed by atoms with E-state index in [1.807, 2.05) is 37.2 Å². The third kappa shape index (κ3) is 6.60. The van der Waals surface area contributed by atoms with Crippen LogP contribution >= 0.6 is 0 Å². The molecule has 0 bridgehead atoms. The van der Waals surface area contributed by atoms with Gasteiger partial charge in [-0.25, -0.2) is 4.39 Å². The molecule has 2 aromatic carbocycles. The fraction of sp³-hybridized carbons (Fsp3) is 0.481. The second-order valence-corrected chi connectivity index (χ2v) is 9.94. The molecular formula is C27H32F4N4O2. The van der Waals surface area contributed by atoms with E-state index in [0.717, 1.165) is 22.9 Å². The van der Waals surface area contributed by atoms with Crippen molar-refractivity contribution in [3.63, 3.8) is 0 Å². The molecule has 1 heterocycles. The van der Waals surface area contributed by atoms with E-state index >= 15 is 0 Å². The summed E-state index contributed by atoms with van der Waals surface area (Å²) >= 11 is 0. The Balaban J connectivity index is 1.44. The Labute approximate surface area is 214 Å². The molecule has 6 nitrogen and oxygen atoms in total. The number of rotatable bonds is 9. The standard InChI is InChI=1S/C27H32F4N4O2/c1-33(2)12-13-34(17-19-6-3-4-8-22(19)27(29,30)31)25(36)15-32-24-9-5-7-18-16-35(11-10-20(18)24)26(37)21-14-23(21)28/h3-9,21,23,32H,10-17H2,1-2H3/t21-,23+/m0/s1. The molecule has 0 radical (unpaired) electrons. The number of fused-ring (bicyclic) bond motifs is 1. The van der Waals surface area contributed by atoms with Crippen LogP contribution in [0.2, 0.25) is 0 Å². The topological polar surface area (TPSA) is 55.9 Å². The third-order valence-corrected chi connectivity index (χ3v) is 6.89. The summed E-state index contributed by atoms with van der Waals surface area (Å²) in [5.74, 6) is -0.981. The second-order valence-electron chi connectivity index (χ2n) is 9.94. The number of nitrogens with one attached hydrogen (secondary N) is 1. The predicted molar refractivity (Wildman–Crippen MR) is 132 cm³/mol. The summed E-state index contributed by atoms with van der Waals surface area (Å²) in [5.41, 5.74) is 2.00. The van der Waals surface area contributed by atoms with Gasteiger partial charge < -0.3 is 20.0 Å². The van der Waals surface area contributed by atoms with Crippen LogP contribution in [0.5, 0.6) is 0 Å². The minimum atomic E-state index is -4.51. The van der Waals surface area contributed by atoms with Crippen molar-refractivity contribution in [3.8, 4) is 0 Å². The number of hydrogen-bond acceptors (Lipinski definition) is 4. The number of halogens is 4. The summed E-state index contributed by atoms with van der Waals surface area (Å²) in [7, 11) is 3.68. The highest BCUT2D eigenvalue weighted by molar-refractivity contribution is 5.83. The number of benzene rings is 2. The molecule has 4 rings (SSSR count). The monoisotopic (exact) mass is 520 g/mol. The Morgan fingerprint density at radius 1 is 1.08 bits per heavy atom. The maximum Gasteiger partial charge on any atom is 0.416 e. The summed E-state index contributed by atoms with van der Waals surface area (Å²) in [5, 5.41) is 3.17. The molecule has 2 atom stereocenters. The van der Waals surface area contributed by atoms with Crippen molar-refractivity contribution in [1.82, 2.24) is 14.7 Å². The van der Waals surface area contributed by atoms with Crippen LogP contribution in [-0.2, 0) is 35.3 Å². The summed E-state index contributed by atoms with van der Waals surface area (Å²) in [4.78, 5) is 30.6. The van der Waals surface area contributed by atoms with Gasteiger partial charge in [0, 0.05) is 38.4 Å². The van der Waals surface area contributed by atoms with Crippen LogP contribution in [0, 0.1) is 5.92 Å². The van der Waals surface area contributed by atoms with Crippen LogP contribution in [0.1, 0.15) is 28.7 Å². The molecule has 2 aliphatic rings. The highest BCUT2D eigenvalue weighted by Gasteiger charge is 2.46. The molecule has 2 aromatic rings. The molecule has 0 spiro atoms. The highest BCUT2D eigenvalue weighted by atomic mass is 19.4. The van der Waals surface area contributed by atoms with Gasteiger partial charge in [0.25, 0.3) is 0 Å². The van der Waals surface area contributed by atoms with E-state index in [2.05, 4.69) is 5.32 Å². The average molecular weight is 521 g/mol. The van der Waals surface area contributed by atoms with Crippen molar-refractivity contribution in [1.29, 1.82) is 0 Å². The van der Waals surface area contributed by atoms with Gasteiger partial charge in [0.15, 0.2) is 0 Å². The van der Waals surface area contributed by atoms with Crippen molar-refractivity contribution >= 4 is 17.5 Å². The molecule has 0 saturated heterocycles. The molecular weight excluding hydrogens is 488 g/mol. The van der Waals surface area contributed by atoms with E-state index < -0.39 is 23.8 Å². The van der Waals surface area contributed by atoms with E-state index in [-0.39, 0.29) is 37.0 Å². The first-order valence-electron chi connectivity index (χ1n) is 12.4. The number of carbonyl (C=O) groups excluding carboxylic acids is 2. The molecule has 0 aromatic heterocycles. The number of amides is 2. The molecule has 200 valence electrons. The fourth-order valence-electron chi connectivity index (χ4n) is 4.65. The molecule has 1 aliphatic carbocycles. The zero-order valence-corrected chi connectivity index (χ0v) is 21.0. The molecule has 1 aliphatic heterocycles. The van der Waals surface area contributed by atoms with Gasteiger partial charge in [-0.2, -0.15) is 13.2 Å². The van der Waals surface area contributed by atoms with Gasteiger partial charge in [0.05, 0.1) is 18.0 Å². The van der Waals surface area contributed by atoms with Crippen molar-refractivity contribution in [3.05, 3.63) is 64.7 Å². The lowest BCUT2D eigenvalue weighted by molar-refractivity contribution is -0.139. The minimum absolute atomic E-state index is 0.0511. The SMILES string of the molecule is CN(C)CCN(Cc1ccccc1C(F)(F)F)C(=O)CNc1cccc2c1CCN(C(=O)[C@H]1C[C@H]1F)C2. The number of nitrogens with zero attached hydrogens (tertiary/aromatic N) is 3. The minimum Gasteiger partial charge on any atom is -0.376 e. The van der Waals surface area contributed by atoms with Crippen molar-refractivity contribution in [2.24, 2.45) is 5.92 Å². The van der Waals surface area contributed by atoms with Gasteiger partial charge in [-0.1, -0.05) is 30.3 Å². The molecule has 0 unspecified atom stereocenters. The van der Waals surface area contributed by atoms with Crippen LogP contribution in [0.15, 0.2) is 42.5 Å². The number of likely N-dealkylation sites (N-methyl/N-ethyl adjacent to an activating group) is 1. The lowest BCUT2D eigenvalue weighted by Crippen LogP contribution is -2.40. The zero-order chi connectivity index (χ0) is 26.7. The van der Waals surface area contributed by atoms with E-state index in [1.54, 1.807) is 11.0 Å². The Morgan fingerprint density at radius 2 is 1.81 bits per heavy atom. The van der Waals surface area contributed by atoms with Gasteiger partial charge in [0.2, 0.25) is 11.8 Å². The van der Waals surface area contributed by atoms with Crippen molar-refractivity contribution in [2.45, 2.75) is 38.3 Å². The molecule has 1 fully saturated rings. The van der Waals surface area contributed by atoms with Gasteiger partial charge in [-0.15, -0.1) is 0 Å². The first-order valence-corrected chi connectivity index (χ1v) is 12.4. The van der Waals surface area contributed by atoms with E-state index in [0.29, 0.717) is 32.5 Å². The van der Waals surface area contributed by atoms with Crippen LogP contribution in [0.3, 0.4) is 0 Å². The maximum atomic E-state index is 13.5. The summed E-state index contributed by atoms with van der Waals surface area (Å²) in [6.07, 6.45) is -4.67. The van der Waals surface area contributed by atoms with E-state index in [4.69, 9.17) is 0 Å². The number of carbonyl (C=O) groups is 2. The first kappa shape index (κ1) is 26.9. The van der Waals surface area contributed by atoms with Crippen molar-refractivity contribution < 1.29 is 27.2 Å². The second kappa shape index (κ2) is 11.1. The Morgan fingerprint density at radius 3 is 2.49 bits per heavy atom. The predicted octanol–water partition coefficient (Wildman–Crippen LogP) is 3.95. The van der Waals surface area contributed by atoms with Gasteiger partial charge in [0.1, 0.15) is 6.17 Å². The van der Waals surface area contributed by atoms with Crippen LogP contribution in [0.25, 0.3) is 0 Å². The molecule has 10 heteroatoms. The van der Waals surface area contributed by atoms with Crippen molar-refractivity contribution in [2.75, 3.05) is 45.6 Å². The molecule has 1 saturated carbocycles. The summed E-state index contributed by atoms with van der Waals surface area (Å²) < 4.78 is 53.9. The van der Waals surface area contributed by atoms with Crippen LogP contribution in [-0.4, -0.2) is 73.0 Å². The molecule has 2 amide bonds. The fourth-order valence-corrected chi connectivity index (χ4v) is 4.65. The number of hydrogen-bond donors (Lipinski definition) is 1. The summed E-state index contributed by atoms with van der Waals surface area (Å²) in [6, 6.07) is 10.9. The third-order valence-electron chi connectivity index (χ3n) is 6.89. The number of anilines is 1. The van der Waals surface area contributed by atoms with Gasteiger partial charge in [-0.05, 0) is 55.8 Å². The van der Waals surface area contributed by atoms with Crippen LogP contribution < -0.4 is 5.32 Å².